The van der Waals surface area contributed by atoms with Gasteiger partial charge in [0.25, 0.3) is 0 Å². The Morgan fingerprint density at radius 3 is 1.09 bits per heavy atom. The molecule has 0 radical (unpaired) electrons. The van der Waals surface area contributed by atoms with Crippen LogP contribution in [0.4, 0.5) is 0 Å². The monoisotopic (exact) mass is 850 g/mol. The third kappa shape index (κ3) is 6.82. The summed E-state index contributed by atoms with van der Waals surface area (Å²) in [5.74, 6) is 0. The first-order valence-corrected chi connectivity index (χ1v) is 24.3. The van der Waals surface area contributed by atoms with E-state index in [0.29, 0.717) is 0 Å². The predicted molar refractivity (Wildman–Crippen MR) is 279 cm³/mol. The van der Waals surface area contributed by atoms with Crippen molar-refractivity contribution >= 4 is 64.6 Å². The molecule has 1 aliphatic rings. The van der Waals surface area contributed by atoms with Crippen molar-refractivity contribution in [3.05, 3.63) is 156 Å². The second-order valence-electron chi connectivity index (χ2n) is 21.5. The maximum absolute atomic E-state index is 9.92. The summed E-state index contributed by atoms with van der Waals surface area (Å²) in [4.78, 5) is 0. The zero-order valence-electron chi connectivity index (χ0n) is 39.2. The second-order valence-corrected chi connectivity index (χ2v) is 21.5. The van der Waals surface area contributed by atoms with Crippen LogP contribution in [0.1, 0.15) is 115 Å². The van der Waals surface area contributed by atoms with Crippen LogP contribution in [0.15, 0.2) is 133 Å². The molecule has 0 aliphatic heterocycles. The largest absolute Gasteiger partial charge is 0.396 e. The van der Waals surface area contributed by atoms with E-state index in [-0.39, 0.29) is 29.5 Å². The zero-order chi connectivity index (χ0) is 44.8. The van der Waals surface area contributed by atoms with Crippen LogP contribution >= 0.6 is 0 Å². The summed E-state index contributed by atoms with van der Waals surface area (Å²) >= 11 is 0. The van der Waals surface area contributed by atoms with Crippen LogP contribution in [0.3, 0.4) is 0 Å². The van der Waals surface area contributed by atoms with Gasteiger partial charge < -0.3 is 10.2 Å². The number of benzene rings is 10. The molecule has 0 aromatic heterocycles. The Hall–Kier alpha value is -5.80. The lowest BCUT2D eigenvalue weighted by atomic mass is 9.70. The van der Waals surface area contributed by atoms with E-state index in [1.54, 1.807) is 0 Å². The standard InChI is InChI=1S/C63H62O2/c1-61(2,3)47-33-43-15-13-39-17-23-49(53-27-21-45(35-47)57(43)59(39)53)41-19-25-51-52-26-20-42(38-56(52)63(55(51)37-41,29-9-7-11-31-64)30-10-8-12-32-65)50-24-18-40-14-16-44-34-48(62(4,5)6)36-46-22-28-54(50)60(40)58(44)46/h13-28,33-38,64-65H,7-12,29-32H2,1-6H3. The molecule has 10 aromatic carbocycles. The Morgan fingerprint density at radius 1 is 0.354 bits per heavy atom. The molecule has 11 rings (SSSR count). The number of fused-ring (bicyclic) bond motifs is 3. The van der Waals surface area contributed by atoms with Crippen molar-refractivity contribution in [3.8, 4) is 33.4 Å². The van der Waals surface area contributed by atoms with Gasteiger partial charge in [0.2, 0.25) is 0 Å². The van der Waals surface area contributed by atoms with Crippen molar-refractivity contribution in [3.63, 3.8) is 0 Å². The van der Waals surface area contributed by atoms with Crippen molar-refractivity contribution in [2.45, 2.75) is 109 Å². The molecule has 326 valence electrons. The van der Waals surface area contributed by atoms with Crippen molar-refractivity contribution in [2.24, 2.45) is 0 Å². The number of aliphatic hydroxyl groups is 2. The van der Waals surface area contributed by atoms with Gasteiger partial charge in [-0.1, -0.05) is 189 Å². The van der Waals surface area contributed by atoms with Crippen LogP contribution in [0.2, 0.25) is 0 Å². The number of hydrogen-bond acceptors (Lipinski definition) is 2. The summed E-state index contributed by atoms with van der Waals surface area (Å²) in [6.07, 6.45) is 7.75. The minimum Gasteiger partial charge on any atom is -0.396 e. The van der Waals surface area contributed by atoms with Crippen molar-refractivity contribution in [1.82, 2.24) is 0 Å². The fraction of sp³-hybridized carbons (Fsp3) is 0.302. The Kier molecular flexibility index (Phi) is 10.1. The SMILES string of the molecule is CC(C)(C)c1cc2ccc3ccc(-c4ccc5c(c4)C(CCCCCO)(CCCCCO)c4cc(-c6ccc7ccc8cc(C(C)(C)C)cc9ccc6c7c89)ccc4-5)c4ccc(c1)c2c34. The van der Waals surface area contributed by atoms with E-state index in [4.69, 9.17) is 0 Å². The highest BCUT2D eigenvalue weighted by atomic mass is 16.3. The highest BCUT2D eigenvalue weighted by molar-refractivity contribution is 6.27. The summed E-state index contributed by atoms with van der Waals surface area (Å²) in [5.41, 5.74) is 13.3. The third-order valence-electron chi connectivity index (χ3n) is 15.4. The van der Waals surface area contributed by atoms with Crippen LogP contribution in [0.5, 0.6) is 0 Å². The topological polar surface area (TPSA) is 40.5 Å². The first-order chi connectivity index (χ1) is 31.4. The molecular weight excluding hydrogens is 789 g/mol. The van der Waals surface area contributed by atoms with Gasteiger partial charge in [-0.15, -0.1) is 0 Å². The normalized spacial score (nSPS) is 14.0. The molecule has 0 atom stereocenters. The summed E-state index contributed by atoms with van der Waals surface area (Å²) in [6.45, 7) is 14.3. The zero-order valence-corrected chi connectivity index (χ0v) is 39.2. The van der Waals surface area contributed by atoms with E-state index in [1.165, 1.54) is 120 Å². The number of hydrogen-bond donors (Lipinski definition) is 2. The average Bonchev–Trinajstić information content (AvgIpc) is 3.57. The summed E-state index contributed by atoms with van der Waals surface area (Å²) < 4.78 is 0. The van der Waals surface area contributed by atoms with Crippen molar-refractivity contribution < 1.29 is 10.2 Å². The molecule has 2 N–H and O–H groups in total. The smallest absolute Gasteiger partial charge is 0.0431 e. The lowest BCUT2D eigenvalue weighted by Crippen LogP contribution is -2.26. The van der Waals surface area contributed by atoms with Crippen LogP contribution in [0.25, 0.3) is 98.0 Å². The summed E-state index contributed by atoms with van der Waals surface area (Å²) in [5, 5.41) is 35.7. The number of aliphatic hydroxyl groups excluding tert-OH is 2. The molecule has 0 fully saturated rings. The van der Waals surface area contributed by atoms with Crippen molar-refractivity contribution in [2.75, 3.05) is 13.2 Å². The molecule has 0 spiro atoms. The minimum absolute atomic E-state index is 0.0692. The lowest BCUT2D eigenvalue weighted by molar-refractivity contribution is 0.275. The van der Waals surface area contributed by atoms with Gasteiger partial charge in [0, 0.05) is 18.6 Å². The maximum atomic E-state index is 9.92. The quantitative estimate of drug-likeness (QED) is 0.0950. The van der Waals surface area contributed by atoms with Gasteiger partial charge >= 0.3 is 0 Å². The first-order valence-electron chi connectivity index (χ1n) is 24.3. The third-order valence-corrected chi connectivity index (χ3v) is 15.4. The second kappa shape index (κ2) is 15.7. The van der Waals surface area contributed by atoms with E-state index in [1.807, 2.05) is 0 Å². The molecule has 0 heterocycles. The van der Waals surface area contributed by atoms with Gasteiger partial charge in [-0.2, -0.15) is 0 Å². The van der Waals surface area contributed by atoms with E-state index < -0.39 is 0 Å². The molecule has 0 amide bonds. The van der Waals surface area contributed by atoms with Gasteiger partial charge in [-0.25, -0.2) is 0 Å². The minimum atomic E-state index is -0.206. The lowest BCUT2D eigenvalue weighted by Gasteiger charge is -2.33. The highest BCUT2D eigenvalue weighted by Crippen LogP contribution is 2.56. The Bertz CT molecular complexity index is 3160. The van der Waals surface area contributed by atoms with Crippen molar-refractivity contribution in [1.29, 1.82) is 0 Å². The number of rotatable bonds is 12. The number of unbranched alkanes of at least 4 members (excludes halogenated alkanes) is 4. The Morgan fingerprint density at radius 2 is 0.708 bits per heavy atom. The molecule has 10 aromatic rings. The van der Waals surface area contributed by atoms with Crippen LogP contribution in [0, 0.1) is 0 Å². The van der Waals surface area contributed by atoms with E-state index in [9.17, 15) is 10.2 Å². The van der Waals surface area contributed by atoms with Gasteiger partial charge in [0.05, 0.1) is 0 Å². The molecule has 0 saturated heterocycles. The summed E-state index contributed by atoms with van der Waals surface area (Å²) in [6, 6.07) is 52.4. The van der Waals surface area contributed by atoms with Gasteiger partial charge in [0.15, 0.2) is 0 Å². The van der Waals surface area contributed by atoms with Crippen LogP contribution in [-0.4, -0.2) is 23.4 Å². The van der Waals surface area contributed by atoms with Crippen LogP contribution < -0.4 is 0 Å². The van der Waals surface area contributed by atoms with E-state index in [2.05, 4.69) is 175 Å². The first kappa shape index (κ1) is 41.9. The molecule has 65 heavy (non-hydrogen) atoms. The molecule has 1 aliphatic carbocycles. The van der Waals surface area contributed by atoms with Gasteiger partial charge in [-0.3, -0.25) is 0 Å². The Labute approximate surface area is 384 Å². The van der Waals surface area contributed by atoms with Gasteiger partial charge in [-0.05, 0) is 169 Å². The summed E-state index contributed by atoms with van der Waals surface area (Å²) in [7, 11) is 0. The fourth-order valence-corrected chi connectivity index (χ4v) is 11.9. The highest BCUT2D eigenvalue weighted by Gasteiger charge is 2.43. The van der Waals surface area contributed by atoms with Gasteiger partial charge in [0.1, 0.15) is 0 Å². The molecule has 0 bridgehead atoms. The molecule has 2 heteroatoms. The van der Waals surface area contributed by atoms with E-state index >= 15 is 0 Å². The average molecular weight is 851 g/mol. The molecule has 0 saturated carbocycles. The van der Waals surface area contributed by atoms with E-state index in [0.717, 1.165) is 51.4 Å². The molecular formula is C63H62O2. The Balaban J connectivity index is 1.09. The molecule has 2 nitrogen and oxygen atoms in total. The van der Waals surface area contributed by atoms with Crippen LogP contribution in [-0.2, 0) is 16.2 Å². The maximum Gasteiger partial charge on any atom is 0.0431 e. The fourth-order valence-electron chi connectivity index (χ4n) is 11.9. The molecule has 0 unspecified atom stereocenters. The predicted octanol–water partition coefficient (Wildman–Crippen LogP) is 16.8.